The summed E-state index contributed by atoms with van der Waals surface area (Å²) in [5, 5.41) is 4.40. The lowest BCUT2D eigenvalue weighted by Gasteiger charge is -2.36. The molecule has 2 nitrogen and oxygen atoms in total. The lowest BCUT2D eigenvalue weighted by Crippen LogP contribution is -2.37. The molecule has 0 amide bonds. The fourth-order valence-electron chi connectivity index (χ4n) is 2.43. The first-order chi connectivity index (χ1) is 8.74. The SMILES string of the molecule is CN(c1ccc(CNC2CC2)c(Cl)c1)C1CCC1. The van der Waals surface area contributed by atoms with Gasteiger partial charge in [0.05, 0.1) is 0 Å². The normalized spacial score (nSPS) is 19.7. The summed E-state index contributed by atoms with van der Waals surface area (Å²) in [6, 6.07) is 7.94. The molecule has 0 aliphatic heterocycles. The Balaban J connectivity index is 1.66. The van der Waals surface area contributed by atoms with Crippen molar-refractivity contribution in [3.05, 3.63) is 28.8 Å². The Morgan fingerprint density at radius 1 is 1.28 bits per heavy atom. The average molecular weight is 265 g/mol. The zero-order chi connectivity index (χ0) is 12.5. The first-order valence-corrected chi connectivity index (χ1v) is 7.36. The van der Waals surface area contributed by atoms with E-state index in [2.05, 4.69) is 35.5 Å². The van der Waals surface area contributed by atoms with Crippen LogP contribution in [0.1, 0.15) is 37.7 Å². The molecule has 2 aliphatic carbocycles. The Morgan fingerprint density at radius 2 is 2.06 bits per heavy atom. The molecule has 0 atom stereocenters. The molecule has 0 bridgehead atoms. The maximum Gasteiger partial charge on any atom is 0.0471 e. The summed E-state index contributed by atoms with van der Waals surface area (Å²) in [6.45, 7) is 0.900. The van der Waals surface area contributed by atoms with Gasteiger partial charge >= 0.3 is 0 Å². The highest BCUT2D eigenvalue weighted by Gasteiger charge is 2.23. The molecule has 0 heterocycles. The van der Waals surface area contributed by atoms with Crippen LogP contribution < -0.4 is 10.2 Å². The molecule has 0 unspecified atom stereocenters. The van der Waals surface area contributed by atoms with Crippen LogP contribution in [0.2, 0.25) is 5.02 Å². The molecule has 3 rings (SSSR count). The van der Waals surface area contributed by atoms with E-state index in [0.29, 0.717) is 0 Å². The minimum atomic E-state index is 0.719. The van der Waals surface area contributed by atoms with E-state index in [-0.39, 0.29) is 0 Å². The lowest BCUT2D eigenvalue weighted by atomic mass is 9.91. The van der Waals surface area contributed by atoms with Gasteiger partial charge in [-0.1, -0.05) is 17.7 Å². The van der Waals surface area contributed by atoms with Gasteiger partial charge in [0.15, 0.2) is 0 Å². The number of rotatable bonds is 5. The van der Waals surface area contributed by atoms with E-state index < -0.39 is 0 Å². The van der Waals surface area contributed by atoms with Crippen molar-refractivity contribution < 1.29 is 0 Å². The van der Waals surface area contributed by atoms with Gasteiger partial charge in [0.1, 0.15) is 0 Å². The van der Waals surface area contributed by atoms with Gasteiger partial charge in [-0.2, -0.15) is 0 Å². The molecular weight excluding hydrogens is 244 g/mol. The largest absolute Gasteiger partial charge is 0.372 e. The first kappa shape index (κ1) is 12.3. The number of nitrogens with zero attached hydrogens (tertiary/aromatic N) is 1. The second-order valence-corrected chi connectivity index (χ2v) is 6.03. The van der Waals surface area contributed by atoms with Crippen LogP contribution in [0.4, 0.5) is 5.69 Å². The van der Waals surface area contributed by atoms with Crippen LogP contribution in [0.15, 0.2) is 18.2 Å². The van der Waals surface area contributed by atoms with E-state index in [1.54, 1.807) is 0 Å². The minimum Gasteiger partial charge on any atom is -0.372 e. The molecule has 0 aromatic heterocycles. The second kappa shape index (κ2) is 5.10. The molecule has 0 radical (unpaired) electrons. The Morgan fingerprint density at radius 3 is 2.61 bits per heavy atom. The van der Waals surface area contributed by atoms with Crippen molar-refractivity contribution in [1.29, 1.82) is 0 Å². The van der Waals surface area contributed by atoms with Crippen molar-refractivity contribution in [2.75, 3.05) is 11.9 Å². The molecule has 3 heteroatoms. The van der Waals surface area contributed by atoms with Gasteiger partial charge in [-0.25, -0.2) is 0 Å². The predicted molar refractivity (Wildman–Crippen MR) is 77.4 cm³/mol. The summed E-state index contributed by atoms with van der Waals surface area (Å²) in [7, 11) is 2.18. The highest BCUT2D eigenvalue weighted by atomic mass is 35.5. The Bertz CT molecular complexity index is 425. The quantitative estimate of drug-likeness (QED) is 0.875. The first-order valence-electron chi connectivity index (χ1n) is 6.98. The van der Waals surface area contributed by atoms with Gasteiger partial charge in [-0.15, -0.1) is 0 Å². The zero-order valence-electron chi connectivity index (χ0n) is 11.0. The van der Waals surface area contributed by atoms with E-state index in [1.165, 1.54) is 43.4 Å². The monoisotopic (exact) mass is 264 g/mol. The number of anilines is 1. The number of hydrogen-bond donors (Lipinski definition) is 1. The predicted octanol–water partition coefficient (Wildman–Crippen LogP) is 3.58. The topological polar surface area (TPSA) is 15.3 Å². The summed E-state index contributed by atoms with van der Waals surface area (Å²) >= 11 is 6.38. The lowest BCUT2D eigenvalue weighted by molar-refractivity contribution is 0.401. The van der Waals surface area contributed by atoms with Gasteiger partial charge in [0.2, 0.25) is 0 Å². The van der Waals surface area contributed by atoms with Crippen LogP contribution in [0.5, 0.6) is 0 Å². The third kappa shape index (κ3) is 2.65. The smallest absolute Gasteiger partial charge is 0.0471 e. The van der Waals surface area contributed by atoms with E-state index in [9.17, 15) is 0 Å². The average Bonchev–Trinajstić information content (AvgIpc) is 3.08. The highest BCUT2D eigenvalue weighted by molar-refractivity contribution is 6.31. The molecule has 98 valence electrons. The van der Waals surface area contributed by atoms with Crippen LogP contribution >= 0.6 is 11.6 Å². The second-order valence-electron chi connectivity index (χ2n) is 5.63. The van der Waals surface area contributed by atoms with Crippen molar-refractivity contribution in [2.24, 2.45) is 0 Å². The Labute approximate surface area is 114 Å². The highest BCUT2D eigenvalue weighted by Crippen LogP contribution is 2.31. The third-order valence-electron chi connectivity index (χ3n) is 4.22. The van der Waals surface area contributed by atoms with E-state index >= 15 is 0 Å². The summed E-state index contributed by atoms with van der Waals surface area (Å²) in [6.07, 6.45) is 6.64. The minimum absolute atomic E-state index is 0.719. The molecule has 2 aliphatic rings. The van der Waals surface area contributed by atoms with Crippen molar-refractivity contribution in [2.45, 2.75) is 50.7 Å². The zero-order valence-corrected chi connectivity index (χ0v) is 11.7. The molecule has 1 aromatic rings. The van der Waals surface area contributed by atoms with E-state index in [4.69, 9.17) is 11.6 Å². The molecule has 0 spiro atoms. The van der Waals surface area contributed by atoms with Gasteiger partial charge in [-0.05, 0) is 49.8 Å². The summed E-state index contributed by atoms with van der Waals surface area (Å²) < 4.78 is 0. The summed E-state index contributed by atoms with van der Waals surface area (Å²) in [5.41, 5.74) is 2.47. The van der Waals surface area contributed by atoms with Gasteiger partial charge in [0, 0.05) is 36.4 Å². The van der Waals surface area contributed by atoms with Crippen LogP contribution in [0, 0.1) is 0 Å². The Hall–Kier alpha value is -0.730. The van der Waals surface area contributed by atoms with Crippen molar-refractivity contribution in [1.82, 2.24) is 5.32 Å². The van der Waals surface area contributed by atoms with Crippen LogP contribution in [0.25, 0.3) is 0 Å². The number of halogens is 1. The van der Waals surface area contributed by atoms with Crippen LogP contribution in [-0.2, 0) is 6.54 Å². The van der Waals surface area contributed by atoms with Crippen molar-refractivity contribution >= 4 is 17.3 Å². The van der Waals surface area contributed by atoms with Gasteiger partial charge in [-0.3, -0.25) is 0 Å². The Kier molecular flexibility index (Phi) is 3.49. The molecule has 2 saturated carbocycles. The van der Waals surface area contributed by atoms with Crippen molar-refractivity contribution in [3.63, 3.8) is 0 Å². The van der Waals surface area contributed by atoms with Gasteiger partial charge < -0.3 is 10.2 Å². The summed E-state index contributed by atoms with van der Waals surface area (Å²) in [4.78, 5) is 2.37. The molecule has 1 aromatic carbocycles. The maximum absolute atomic E-state index is 6.38. The van der Waals surface area contributed by atoms with E-state index in [0.717, 1.165) is 23.7 Å². The number of benzene rings is 1. The molecular formula is C15H21ClN2. The fourth-order valence-corrected chi connectivity index (χ4v) is 2.67. The van der Waals surface area contributed by atoms with Crippen LogP contribution in [0.3, 0.4) is 0 Å². The van der Waals surface area contributed by atoms with Gasteiger partial charge in [0.25, 0.3) is 0 Å². The van der Waals surface area contributed by atoms with Crippen LogP contribution in [-0.4, -0.2) is 19.1 Å². The van der Waals surface area contributed by atoms with Crippen molar-refractivity contribution in [3.8, 4) is 0 Å². The molecule has 1 N–H and O–H groups in total. The molecule has 0 saturated heterocycles. The maximum atomic E-state index is 6.38. The molecule has 18 heavy (non-hydrogen) atoms. The standard InChI is InChI=1S/C15H21ClN2/c1-18(13-3-2-4-13)14-8-5-11(15(16)9-14)10-17-12-6-7-12/h5,8-9,12-13,17H,2-4,6-7,10H2,1H3. The fraction of sp³-hybridized carbons (Fsp3) is 0.600. The number of nitrogens with one attached hydrogen (secondary N) is 1. The van der Waals surface area contributed by atoms with E-state index in [1.807, 2.05) is 0 Å². The third-order valence-corrected chi connectivity index (χ3v) is 4.58. The molecule has 2 fully saturated rings. The summed E-state index contributed by atoms with van der Waals surface area (Å²) in [5.74, 6) is 0. The number of hydrogen-bond acceptors (Lipinski definition) is 2.